The fourth-order valence-corrected chi connectivity index (χ4v) is 4.74. The van der Waals surface area contributed by atoms with E-state index in [0.717, 1.165) is 25.9 Å². The van der Waals surface area contributed by atoms with Gasteiger partial charge in [-0.05, 0) is 51.1 Å². The second-order valence-corrected chi connectivity index (χ2v) is 10.9. The first-order valence-electron chi connectivity index (χ1n) is 13.3. The van der Waals surface area contributed by atoms with Crippen LogP contribution in [0.4, 0.5) is 4.79 Å². The summed E-state index contributed by atoms with van der Waals surface area (Å²) < 4.78 is 11.3. The first-order valence-corrected chi connectivity index (χ1v) is 13.3. The number of oxazole rings is 1. The van der Waals surface area contributed by atoms with Crippen LogP contribution in [0.5, 0.6) is 0 Å². The summed E-state index contributed by atoms with van der Waals surface area (Å²) in [6.07, 6.45) is 3.15. The zero-order valence-corrected chi connectivity index (χ0v) is 22.5. The van der Waals surface area contributed by atoms with Gasteiger partial charge >= 0.3 is 6.03 Å². The van der Waals surface area contributed by atoms with Crippen molar-refractivity contribution in [2.24, 2.45) is 11.8 Å². The quantitative estimate of drug-likeness (QED) is 0.469. The second kappa shape index (κ2) is 13.2. The highest BCUT2D eigenvalue weighted by Crippen LogP contribution is 2.28. The lowest BCUT2D eigenvalue weighted by molar-refractivity contribution is -0.123. The molecule has 2 N–H and O–H groups in total. The van der Waals surface area contributed by atoms with Crippen molar-refractivity contribution in [3.05, 3.63) is 17.3 Å². The van der Waals surface area contributed by atoms with Crippen molar-refractivity contribution >= 4 is 17.7 Å². The van der Waals surface area contributed by atoms with Crippen LogP contribution in [-0.2, 0) is 16.0 Å². The van der Waals surface area contributed by atoms with E-state index in [1.165, 1.54) is 0 Å². The van der Waals surface area contributed by atoms with E-state index in [0.29, 0.717) is 56.6 Å². The third-order valence-electron chi connectivity index (χ3n) is 6.59. The lowest BCUT2D eigenvalue weighted by Gasteiger charge is -2.29. The minimum absolute atomic E-state index is 0.164. The first kappa shape index (κ1) is 28.1. The molecule has 2 saturated heterocycles. The molecule has 2 unspecified atom stereocenters. The zero-order chi connectivity index (χ0) is 26.2. The van der Waals surface area contributed by atoms with Crippen LogP contribution in [0.15, 0.2) is 4.42 Å². The van der Waals surface area contributed by atoms with E-state index >= 15 is 0 Å². The molecule has 0 saturated carbocycles. The number of Topliss-reactive ketones (excluding diaryl/α,β-unsaturated/α-hetero) is 1. The highest BCUT2D eigenvalue weighted by atomic mass is 16.5. The van der Waals surface area contributed by atoms with Gasteiger partial charge in [0.1, 0.15) is 6.04 Å². The predicted octanol–water partition coefficient (Wildman–Crippen LogP) is 2.44. The van der Waals surface area contributed by atoms with Gasteiger partial charge in [0.05, 0.1) is 25.5 Å². The summed E-state index contributed by atoms with van der Waals surface area (Å²) in [6.45, 7) is 11.8. The summed E-state index contributed by atoms with van der Waals surface area (Å²) >= 11 is 0. The SMILES string of the molecule is CC(C)Cc1nc(C2CCCN(C)C2)oc1C(=O)CNC(=O)C(CC(C)C)NC(=O)N1CCOCC1. The summed E-state index contributed by atoms with van der Waals surface area (Å²) in [5, 5.41) is 5.57. The number of hydrogen-bond acceptors (Lipinski definition) is 7. The van der Waals surface area contributed by atoms with Crippen molar-refractivity contribution in [1.29, 1.82) is 0 Å². The first-order chi connectivity index (χ1) is 17.1. The van der Waals surface area contributed by atoms with Crippen LogP contribution < -0.4 is 10.6 Å². The van der Waals surface area contributed by atoms with Gasteiger partial charge in [-0.15, -0.1) is 0 Å². The minimum atomic E-state index is -0.730. The fourth-order valence-electron chi connectivity index (χ4n) is 4.74. The van der Waals surface area contributed by atoms with E-state index in [-0.39, 0.29) is 41.9 Å². The number of rotatable bonds is 10. The molecule has 0 spiro atoms. The molecule has 10 heteroatoms. The van der Waals surface area contributed by atoms with Crippen molar-refractivity contribution in [3.63, 3.8) is 0 Å². The second-order valence-electron chi connectivity index (χ2n) is 10.9. The van der Waals surface area contributed by atoms with Gasteiger partial charge in [-0.3, -0.25) is 9.59 Å². The number of carbonyl (C=O) groups excluding carboxylic acids is 3. The van der Waals surface area contributed by atoms with Gasteiger partial charge in [-0.25, -0.2) is 9.78 Å². The van der Waals surface area contributed by atoms with Gasteiger partial charge in [0.2, 0.25) is 11.7 Å². The molecule has 0 bridgehead atoms. The number of amides is 3. The Kier molecular flexibility index (Phi) is 10.3. The van der Waals surface area contributed by atoms with Crippen molar-refractivity contribution in [1.82, 2.24) is 25.4 Å². The van der Waals surface area contributed by atoms with E-state index in [9.17, 15) is 14.4 Å². The lowest BCUT2D eigenvalue weighted by Crippen LogP contribution is -2.54. The molecular formula is C26H43N5O5. The van der Waals surface area contributed by atoms with E-state index < -0.39 is 6.04 Å². The average molecular weight is 506 g/mol. The molecule has 2 aliphatic heterocycles. The number of aromatic nitrogens is 1. The Morgan fingerprint density at radius 1 is 1.08 bits per heavy atom. The molecule has 2 fully saturated rings. The highest BCUT2D eigenvalue weighted by Gasteiger charge is 2.29. The van der Waals surface area contributed by atoms with Gasteiger partial charge < -0.3 is 29.6 Å². The van der Waals surface area contributed by atoms with Crippen LogP contribution in [0, 0.1) is 11.8 Å². The number of hydrogen-bond donors (Lipinski definition) is 2. The lowest BCUT2D eigenvalue weighted by atomic mass is 9.98. The summed E-state index contributed by atoms with van der Waals surface area (Å²) in [7, 11) is 2.08. The maximum atomic E-state index is 13.2. The van der Waals surface area contributed by atoms with Crippen LogP contribution in [0.25, 0.3) is 0 Å². The van der Waals surface area contributed by atoms with Gasteiger partial charge in [0, 0.05) is 25.6 Å². The summed E-state index contributed by atoms with van der Waals surface area (Å²) in [5.74, 6) is 0.833. The van der Waals surface area contributed by atoms with Crippen LogP contribution in [0.2, 0.25) is 0 Å². The largest absolute Gasteiger partial charge is 0.437 e. The van der Waals surface area contributed by atoms with E-state index in [2.05, 4.69) is 36.4 Å². The van der Waals surface area contributed by atoms with Crippen molar-refractivity contribution in [3.8, 4) is 0 Å². The molecule has 2 aliphatic rings. The van der Waals surface area contributed by atoms with E-state index in [1.807, 2.05) is 13.8 Å². The number of morpholine rings is 1. The van der Waals surface area contributed by atoms with Crippen molar-refractivity contribution in [2.45, 2.75) is 65.3 Å². The van der Waals surface area contributed by atoms with Gasteiger partial charge in [-0.2, -0.15) is 0 Å². The normalized spacial score (nSPS) is 20.0. The number of ether oxygens (including phenoxy) is 1. The third-order valence-corrected chi connectivity index (χ3v) is 6.59. The Morgan fingerprint density at radius 2 is 1.81 bits per heavy atom. The number of likely N-dealkylation sites (tertiary alicyclic amines) is 1. The van der Waals surface area contributed by atoms with E-state index in [1.54, 1.807) is 4.90 Å². The number of nitrogens with one attached hydrogen (secondary N) is 2. The fraction of sp³-hybridized carbons (Fsp3) is 0.769. The summed E-state index contributed by atoms with van der Waals surface area (Å²) in [4.78, 5) is 47.5. The topological polar surface area (TPSA) is 117 Å². The minimum Gasteiger partial charge on any atom is -0.437 e. The van der Waals surface area contributed by atoms with E-state index in [4.69, 9.17) is 14.1 Å². The monoisotopic (exact) mass is 505 g/mol. The van der Waals surface area contributed by atoms with Gasteiger partial charge in [0.25, 0.3) is 0 Å². The number of ketones is 1. The molecule has 3 amide bonds. The van der Waals surface area contributed by atoms with Crippen LogP contribution in [-0.4, -0.2) is 91.5 Å². The molecule has 2 atom stereocenters. The zero-order valence-electron chi connectivity index (χ0n) is 22.5. The Labute approximate surface area is 214 Å². The summed E-state index contributed by atoms with van der Waals surface area (Å²) in [5.41, 5.74) is 0.659. The van der Waals surface area contributed by atoms with Crippen molar-refractivity contribution in [2.75, 3.05) is 53.0 Å². The van der Waals surface area contributed by atoms with Gasteiger partial charge in [0.15, 0.2) is 11.7 Å². The number of urea groups is 1. The molecule has 1 aromatic heterocycles. The third kappa shape index (κ3) is 8.03. The molecule has 202 valence electrons. The molecule has 10 nitrogen and oxygen atoms in total. The van der Waals surface area contributed by atoms with Crippen molar-refractivity contribution < 1.29 is 23.5 Å². The molecule has 0 aliphatic carbocycles. The molecule has 36 heavy (non-hydrogen) atoms. The van der Waals surface area contributed by atoms with Crippen LogP contribution in [0.3, 0.4) is 0 Å². The standard InChI is InChI=1S/C26H43N5O5/c1-17(2)13-20-23(36-25(28-20)19-7-6-8-30(5)16-19)22(32)15-27-24(33)21(14-18(3)4)29-26(34)31-9-11-35-12-10-31/h17-19,21H,6-16H2,1-5H3,(H,27,33)(H,29,34). The molecule has 0 radical (unpaired) electrons. The Balaban J connectivity index is 1.65. The summed E-state index contributed by atoms with van der Waals surface area (Å²) in [6, 6.07) is -1.02. The highest BCUT2D eigenvalue weighted by molar-refractivity contribution is 5.98. The molecule has 0 aromatic carbocycles. The predicted molar refractivity (Wildman–Crippen MR) is 136 cm³/mol. The molecular weight excluding hydrogens is 462 g/mol. The Morgan fingerprint density at radius 3 is 2.44 bits per heavy atom. The maximum absolute atomic E-state index is 13.2. The van der Waals surface area contributed by atoms with Crippen LogP contribution >= 0.6 is 0 Å². The smallest absolute Gasteiger partial charge is 0.318 e. The number of nitrogens with zero attached hydrogens (tertiary/aromatic N) is 3. The number of likely N-dealkylation sites (N-methyl/N-ethyl adjacent to an activating group) is 1. The maximum Gasteiger partial charge on any atom is 0.318 e. The average Bonchev–Trinajstić information content (AvgIpc) is 3.25. The molecule has 3 heterocycles. The molecule has 3 rings (SSSR count). The Hall–Kier alpha value is -2.46. The number of piperidine rings is 1. The van der Waals surface area contributed by atoms with Gasteiger partial charge in [-0.1, -0.05) is 27.7 Å². The number of carbonyl (C=O) groups is 3. The molecule has 1 aromatic rings. The Bertz CT molecular complexity index is 893. The van der Waals surface area contributed by atoms with Crippen LogP contribution in [0.1, 0.15) is 75.0 Å².